The SMILES string of the molecule is c1ccc(-c2cccc3cccc(-c4ccccc4N(c4ccc5c6ccc(C78CCC(CC7)C8)cc6n(-c6ccccc6)c5c4)c4cccc5oc6ccccc6c45)c23)cc1. The predicted octanol–water partition coefficient (Wildman–Crippen LogP) is 16.5. The molecule has 0 unspecified atom stereocenters. The molecule has 2 fully saturated rings. The summed E-state index contributed by atoms with van der Waals surface area (Å²) in [6.07, 6.45) is 6.69. The van der Waals surface area contributed by atoms with E-state index in [0.29, 0.717) is 5.41 Å². The number of hydrogen-bond donors (Lipinski definition) is 0. The minimum atomic E-state index is 0.316. The Kier molecular flexibility index (Phi) is 7.90. The molecule has 0 radical (unpaired) electrons. The molecule has 0 aliphatic heterocycles. The molecule has 2 aromatic heterocycles. The van der Waals surface area contributed by atoms with Crippen LogP contribution in [0, 0.1) is 5.92 Å². The normalized spacial score (nSPS) is 17.3. The van der Waals surface area contributed by atoms with E-state index in [-0.39, 0.29) is 0 Å². The second kappa shape index (κ2) is 13.8. The molecule has 3 heteroatoms. The molecule has 2 saturated carbocycles. The standard InChI is InChI=1S/C59H44N2O/c1-3-14-40(15-4-1)45-22-11-16-41-17-12-23-49(57(41)45)46-20-7-9-24-51(46)61(52-25-13-27-56-58(52)50-21-8-10-26-55(50)62-56)44-29-31-48-47-30-28-42(59-34-32-39(38-59)33-35-59)36-53(47)60(54(48)37-44)43-18-5-2-6-19-43/h1-31,36-37,39H,32-35,38H2. The number of hydrogen-bond acceptors (Lipinski definition) is 2. The third kappa shape index (κ3) is 5.37. The Morgan fingerprint density at radius 2 is 1.13 bits per heavy atom. The Hall–Kier alpha value is -7.36. The van der Waals surface area contributed by atoms with E-state index in [4.69, 9.17) is 4.42 Å². The summed E-state index contributed by atoms with van der Waals surface area (Å²) in [5.41, 5.74) is 15.3. The molecule has 0 spiro atoms. The van der Waals surface area contributed by atoms with Crippen LogP contribution in [0.25, 0.3) is 82.5 Å². The van der Waals surface area contributed by atoms with Crippen LogP contribution in [0.2, 0.25) is 0 Å². The number of benzene rings is 9. The average Bonchev–Trinajstić information content (AvgIpc) is 4.13. The molecular formula is C59H44N2O. The van der Waals surface area contributed by atoms with Gasteiger partial charge in [-0.25, -0.2) is 0 Å². The van der Waals surface area contributed by atoms with Crippen molar-refractivity contribution in [2.24, 2.45) is 5.92 Å². The topological polar surface area (TPSA) is 21.3 Å². The predicted molar refractivity (Wildman–Crippen MR) is 259 cm³/mol. The number of nitrogens with zero attached hydrogens (tertiary/aromatic N) is 2. The number of furan rings is 1. The van der Waals surface area contributed by atoms with Gasteiger partial charge in [0, 0.05) is 33.1 Å². The smallest absolute Gasteiger partial charge is 0.137 e. The second-order valence-corrected chi connectivity index (χ2v) is 17.7. The van der Waals surface area contributed by atoms with Crippen LogP contribution in [0.15, 0.2) is 205 Å². The third-order valence-corrected chi connectivity index (χ3v) is 14.4. The van der Waals surface area contributed by atoms with Crippen LogP contribution in [0.5, 0.6) is 0 Å². The lowest BCUT2D eigenvalue weighted by molar-refractivity contribution is 0.419. The monoisotopic (exact) mass is 796 g/mol. The summed E-state index contributed by atoms with van der Waals surface area (Å²) >= 11 is 0. The fourth-order valence-corrected chi connectivity index (χ4v) is 11.6. The Labute approximate surface area is 361 Å². The summed E-state index contributed by atoms with van der Waals surface area (Å²) in [6, 6.07) is 73.6. The summed E-state index contributed by atoms with van der Waals surface area (Å²) in [6.45, 7) is 0. The van der Waals surface area contributed by atoms with Gasteiger partial charge in [0.25, 0.3) is 0 Å². The second-order valence-electron chi connectivity index (χ2n) is 17.7. The first kappa shape index (κ1) is 35.4. The van der Waals surface area contributed by atoms with Crippen molar-refractivity contribution in [2.45, 2.75) is 37.5 Å². The highest BCUT2D eigenvalue weighted by Gasteiger charge is 2.46. The fourth-order valence-electron chi connectivity index (χ4n) is 11.6. The van der Waals surface area contributed by atoms with Crippen molar-refractivity contribution in [1.82, 2.24) is 4.57 Å². The fraction of sp³-hybridized carbons (Fsp3) is 0.119. The highest BCUT2D eigenvalue weighted by atomic mass is 16.3. The van der Waals surface area contributed by atoms with Gasteiger partial charge in [-0.1, -0.05) is 146 Å². The van der Waals surface area contributed by atoms with Gasteiger partial charge in [-0.15, -0.1) is 0 Å². The first-order valence-electron chi connectivity index (χ1n) is 22.2. The zero-order chi connectivity index (χ0) is 40.8. The van der Waals surface area contributed by atoms with Crippen molar-refractivity contribution in [3.05, 3.63) is 206 Å². The van der Waals surface area contributed by atoms with Gasteiger partial charge in [-0.3, -0.25) is 0 Å². The molecule has 0 atom stereocenters. The zero-order valence-corrected chi connectivity index (χ0v) is 34.5. The van der Waals surface area contributed by atoms with Crippen molar-refractivity contribution >= 4 is 71.6 Å². The van der Waals surface area contributed by atoms with Gasteiger partial charge in [0.1, 0.15) is 11.2 Å². The average molecular weight is 797 g/mol. The highest BCUT2D eigenvalue weighted by Crippen LogP contribution is 2.56. The maximum absolute atomic E-state index is 6.58. The summed E-state index contributed by atoms with van der Waals surface area (Å²) in [7, 11) is 0. The summed E-state index contributed by atoms with van der Waals surface area (Å²) in [5.74, 6) is 0.887. The number of anilines is 3. The highest BCUT2D eigenvalue weighted by molar-refractivity contribution is 6.16. The van der Waals surface area contributed by atoms with Crippen molar-refractivity contribution < 1.29 is 4.42 Å². The molecule has 2 aliphatic rings. The van der Waals surface area contributed by atoms with E-state index in [1.54, 1.807) is 0 Å². The molecule has 296 valence electrons. The van der Waals surface area contributed by atoms with Crippen LogP contribution in [-0.4, -0.2) is 4.57 Å². The van der Waals surface area contributed by atoms with E-state index >= 15 is 0 Å². The number of aromatic nitrogens is 1. The number of para-hydroxylation sites is 3. The molecule has 0 saturated heterocycles. The van der Waals surface area contributed by atoms with E-state index in [1.165, 1.54) is 92.6 Å². The van der Waals surface area contributed by atoms with Gasteiger partial charge in [-0.2, -0.15) is 0 Å². The van der Waals surface area contributed by atoms with Gasteiger partial charge >= 0.3 is 0 Å². The molecular weight excluding hydrogens is 753 g/mol. The van der Waals surface area contributed by atoms with Gasteiger partial charge < -0.3 is 13.9 Å². The molecule has 62 heavy (non-hydrogen) atoms. The van der Waals surface area contributed by atoms with Crippen LogP contribution in [-0.2, 0) is 5.41 Å². The van der Waals surface area contributed by atoms with Crippen molar-refractivity contribution in [3.63, 3.8) is 0 Å². The minimum absolute atomic E-state index is 0.316. The Morgan fingerprint density at radius 3 is 1.94 bits per heavy atom. The van der Waals surface area contributed by atoms with E-state index in [1.807, 2.05) is 0 Å². The van der Waals surface area contributed by atoms with Crippen molar-refractivity contribution in [3.8, 4) is 27.9 Å². The first-order valence-corrected chi connectivity index (χ1v) is 22.2. The van der Waals surface area contributed by atoms with Crippen LogP contribution in [0.1, 0.15) is 37.7 Å². The van der Waals surface area contributed by atoms with Crippen LogP contribution >= 0.6 is 0 Å². The van der Waals surface area contributed by atoms with Crippen LogP contribution in [0.3, 0.4) is 0 Å². The molecule has 13 rings (SSSR count). The number of fused-ring (bicyclic) bond motifs is 9. The van der Waals surface area contributed by atoms with E-state index in [0.717, 1.165) is 50.5 Å². The molecule has 0 amide bonds. The molecule has 0 N–H and O–H groups in total. The van der Waals surface area contributed by atoms with E-state index in [9.17, 15) is 0 Å². The molecule has 9 aromatic carbocycles. The largest absolute Gasteiger partial charge is 0.456 e. The van der Waals surface area contributed by atoms with E-state index < -0.39 is 0 Å². The third-order valence-electron chi connectivity index (χ3n) is 14.4. The lowest BCUT2D eigenvalue weighted by atomic mass is 9.77. The van der Waals surface area contributed by atoms with Crippen molar-refractivity contribution in [1.29, 1.82) is 0 Å². The quantitative estimate of drug-likeness (QED) is 0.160. The Bertz CT molecular complexity index is 3510. The lowest BCUT2D eigenvalue weighted by Crippen LogP contribution is -2.19. The molecule has 2 heterocycles. The minimum Gasteiger partial charge on any atom is -0.456 e. The maximum Gasteiger partial charge on any atom is 0.137 e. The van der Waals surface area contributed by atoms with Gasteiger partial charge in [0.15, 0.2) is 0 Å². The molecule has 2 aliphatic carbocycles. The van der Waals surface area contributed by atoms with E-state index in [2.05, 4.69) is 210 Å². The molecule has 11 aromatic rings. The summed E-state index contributed by atoms with van der Waals surface area (Å²) in [5, 5.41) is 7.21. The van der Waals surface area contributed by atoms with Crippen LogP contribution in [0.4, 0.5) is 17.1 Å². The maximum atomic E-state index is 6.58. The summed E-state index contributed by atoms with van der Waals surface area (Å²) < 4.78 is 9.10. The van der Waals surface area contributed by atoms with Crippen LogP contribution < -0.4 is 4.90 Å². The van der Waals surface area contributed by atoms with Crippen molar-refractivity contribution in [2.75, 3.05) is 4.90 Å². The summed E-state index contributed by atoms with van der Waals surface area (Å²) in [4.78, 5) is 2.48. The van der Waals surface area contributed by atoms with Gasteiger partial charge in [-0.05, 0) is 131 Å². The number of rotatable bonds is 7. The lowest BCUT2D eigenvalue weighted by Gasteiger charge is -2.29. The van der Waals surface area contributed by atoms with Gasteiger partial charge in [0.2, 0.25) is 0 Å². The Balaban J connectivity index is 1.10. The first-order chi connectivity index (χ1) is 30.7. The molecule has 3 nitrogen and oxygen atoms in total. The molecule has 2 bridgehead atoms. The zero-order valence-electron chi connectivity index (χ0n) is 34.5. The Morgan fingerprint density at radius 1 is 0.484 bits per heavy atom. The van der Waals surface area contributed by atoms with Gasteiger partial charge in [0.05, 0.1) is 27.8 Å².